The van der Waals surface area contributed by atoms with Crippen LogP contribution in [0.4, 0.5) is 0 Å². The fourth-order valence-corrected chi connectivity index (χ4v) is 1.62. The molecule has 1 nitrogen and oxygen atoms in total. The molecule has 0 aliphatic rings. The van der Waals surface area contributed by atoms with Crippen LogP contribution < -0.4 is 29.6 Å². The molecule has 14 heavy (non-hydrogen) atoms. The summed E-state index contributed by atoms with van der Waals surface area (Å²) < 4.78 is 5.62. The first-order valence-corrected chi connectivity index (χ1v) is 4.22. The van der Waals surface area contributed by atoms with Gasteiger partial charge in [-0.05, 0) is 6.07 Å². The van der Waals surface area contributed by atoms with Gasteiger partial charge in [0, 0.05) is 11.0 Å². The zero-order valence-corrected chi connectivity index (χ0v) is 9.95. The van der Waals surface area contributed by atoms with E-state index in [9.17, 15) is 0 Å². The molecular formula is C12H7NaO. The summed E-state index contributed by atoms with van der Waals surface area (Å²) >= 11 is 0. The molecule has 1 aromatic heterocycles. The summed E-state index contributed by atoms with van der Waals surface area (Å²) in [7, 11) is 0. The first-order valence-electron chi connectivity index (χ1n) is 4.22. The second-order valence-electron chi connectivity index (χ2n) is 3.02. The van der Waals surface area contributed by atoms with Crippen LogP contribution in [0.2, 0.25) is 0 Å². The Morgan fingerprint density at radius 1 is 0.929 bits per heavy atom. The number of furan rings is 1. The largest absolute Gasteiger partial charge is 1.00 e. The predicted octanol–water partition coefficient (Wildman–Crippen LogP) is 0.390. The number of rotatable bonds is 0. The van der Waals surface area contributed by atoms with Gasteiger partial charge in [-0.15, -0.1) is 6.07 Å². The van der Waals surface area contributed by atoms with Crippen molar-refractivity contribution < 1.29 is 34.0 Å². The van der Waals surface area contributed by atoms with Crippen LogP contribution in [0.5, 0.6) is 0 Å². The average molecular weight is 190 g/mol. The Kier molecular flexibility index (Phi) is 2.64. The molecular weight excluding hydrogens is 183 g/mol. The molecule has 0 spiro atoms. The van der Waals surface area contributed by atoms with Gasteiger partial charge in [-0.1, -0.05) is 23.6 Å². The molecule has 0 N–H and O–H groups in total. The summed E-state index contributed by atoms with van der Waals surface area (Å²) in [5, 5.41) is 2.33. The molecule has 2 aromatic carbocycles. The first kappa shape index (κ1) is 9.78. The molecule has 0 aliphatic heterocycles. The summed E-state index contributed by atoms with van der Waals surface area (Å²) in [6, 6.07) is 16.9. The van der Waals surface area contributed by atoms with Crippen LogP contribution in [0, 0.1) is 6.07 Å². The van der Waals surface area contributed by atoms with Crippen molar-refractivity contribution in [2.45, 2.75) is 0 Å². The van der Waals surface area contributed by atoms with E-state index in [1.165, 1.54) is 5.39 Å². The molecule has 0 atom stereocenters. The maximum atomic E-state index is 5.62. The van der Waals surface area contributed by atoms with Gasteiger partial charge in [-0.3, -0.25) is 0 Å². The molecule has 0 amide bonds. The van der Waals surface area contributed by atoms with Crippen molar-refractivity contribution in [3.05, 3.63) is 48.5 Å². The molecule has 0 saturated carbocycles. The SMILES string of the molecule is [Na+].[c-]1ccc2c(c1)oc1ccccc12. The topological polar surface area (TPSA) is 13.1 Å². The Bertz CT molecular complexity index is 518. The minimum Gasteiger partial charge on any atom is -0.516 e. The van der Waals surface area contributed by atoms with E-state index >= 15 is 0 Å². The molecule has 62 valence electrons. The molecule has 0 saturated heterocycles. The van der Waals surface area contributed by atoms with Crippen molar-refractivity contribution in [2.24, 2.45) is 0 Å². The smallest absolute Gasteiger partial charge is 0.516 e. The molecule has 2 heteroatoms. The van der Waals surface area contributed by atoms with Crippen LogP contribution in [0.15, 0.2) is 46.9 Å². The van der Waals surface area contributed by atoms with Crippen LogP contribution >= 0.6 is 0 Å². The number of hydrogen-bond donors (Lipinski definition) is 0. The molecule has 0 aliphatic carbocycles. The van der Waals surface area contributed by atoms with Crippen molar-refractivity contribution in [3.8, 4) is 0 Å². The molecule has 3 rings (SSSR count). The molecule has 0 fully saturated rings. The normalized spacial score (nSPS) is 10.3. The summed E-state index contributed by atoms with van der Waals surface area (Å²) in [6.07, 6.45) is 0. The average Bonchev–Trinajstić information content (AvgIpc) is 2.56. The number of fused-ring (bicyclic) bond motifs is 3. The summed E-state index contributed by atoms with van der Waals surface area (Å²) in [4.78, 5) is 0. The summed E-state index contributed by atoms with van der Waals surface area (Å²) in [6.45, 7) is 0. The molecule has 1 heterocycles. The standard InChI is InChI=1S/C12H7O.Na/c1-3-7-11-9(5-1)10-6-2-4-8-12(10)13-11;/h1-3,5-8H;/q-1;+1. The van der Waals surface area contributed by atoms with E-state index in [4.69, 9.17) is 4.42 Å². The monoisotopic (exact) mass is 190 g/mol. The van der Waals surface area contributed by atoms with Gasteiger partial charge >= 0.3 is 29.6 Å². The maximum Gasteiger partial charge on any atom is 1.00 e. The molecule has 0 radical (unpaired) electrons. The third-order valence-corrected chi connectivity index (χ3v) is 2.22. The van der Waals surface area contributed by atoms with Crippen LogP contribution in [-0.2, 0) is 0 Å². The van der Waals surface area contributed by atoms with Crippen molar-refractivity contribution in [3.63, 3.8) is 0 Å². The molecule has 3 aromatic rings. The Hall–Kier alpha value is -0.760. The summed E-state index contributed by atoms with van der Waals surface area (Å²) in [5.74, 6) is 0. The van der Waals surface area contributed by atoms with Crippen LogP contribution in [0.3, 0.4) is 0 Å². The third-order valence-electron chi connectivity index (χ3n) is 2.22. The second-order valence-corrected chi connectivity index (χ2v) is 3.02. The van der Waals surface area contributed by atoms with E-state index in [0.717, 1.165) is 16.6 Å². The number of para-hydroxylation sites is 1. The maximum absolute atomic E-state index is 5.62. The minimum atomic E-state index is 0. The van der Waals surface area contributed by atoms with Crippen LogP contribution in [0.1, 0.15) is 0 Å². The number of hydrogen-bond acceptors (Lipinski definition) is 1. The first-order chi connectivity index (χ1) is 6.45. The van der Waals surface area contributed by atoms with Gasteiger partial charge in [0.1, 0.15) is 5.58 Å². The van der Waals surface area contributed by atoms with E-state index in [1.54, 1.807) is 0 Å². The van der Waals surface area contributed by atoms with Gasteiger partial charge in [-0.2, -0.15) is 18.2 Å². The quantitative estimate of drug-likeness (QED) is 0.369. The van der Waals surface area contributed by atoms with E-state index in [0.29, 0.717) is 0 Å². The fourth-order valence-electron chi connectivity index (χ4n) is 1.62. The Labute approximate surface area is 104 Å². The number of benzene rings is 2. The van der Waals surface area contributed by atoms with E-state index in [-0.39, 0.29) is 29.6 Å². The van der Waals surface area contributed by atoms with Gasteiger partial charge in [-0.25, -0.2) is 0 Å². The van der Waals surface area contributed by atoms with Crippen LogP contribution in [-0.4, -0.2) is 0 Å². The zero-order valence-electron chi connectivity index (χ0n) is 7.95. The van der Waals surface area contributed by atoms with Crippen molar-refractivity contribution in [2.75, 3.05) is 0 Å². The van der Waals surface area contributed by atoms with Crippen molar-refractivity contribution >= 4 is 21.9 Å². The fraction of sp³-hybridized carbons (Fsp3) is 0. The predicted molar refractivity (Wildman–Crippen MR) is 52.6 cm³/mol. The summed E-state index contributed by atoms with van der Waals surface area (Å²) in [5.41, 5.74) is 1.85. The Balaban J connectivity index is 0.000000750. The van der Waals surface area contributed by atoms with E-state index in [1.807, 2.05) is 36.4 Å². The molecule has 0 bridgehead atoms. The van der Waals surface area contributed by atoms with Crippen molar-refractivity contribution in [1.82, 2.24) is 0 Å². The zero-order chi connectivity index (χ0) is 8.67. The van der Waals surface area contributed by atoms with Crippen molar-refractivity contribution in [1.29, 1.82) is 0 Å². The van der Waals surface area contributed by atoms with Gasteiger partial charge in [0.2, 0.25) is 0 Å². The van der Waals surface area contributed by atoms with Gasteiger partial charge in [0.05, 0.1) is 0 Å². The van der Waals surface area contributed by atoms with Gasteiger partial charge < -0.3 is 4.42 Å². The third kappa shape index (κ3) is 1.38. The second kappa shape index (κ2) is 3.77. The minimum absolute atomic E-state index is 0. The van der Waals surface area contributed by atoms with Gasteiger partial charge in [0.15, 0.2) is 0 Å². The Morgan fingerprint density at radius 3 is 2.64 bits per heavy atom. The Morgan fingerprint density at radius 2 is 1.71 bits per heavy atom. The van der Waals surface area contributed by atoms with E-state index in [2.05, 4.69) is 12.1 Å². The molecule has 0 unspecified atom stereocenters. The van der Waals surface area contributed by atoms with Gasteiger partial charge in [0.25, 0.3) is 0 Å². The van der Waals surface area contributed by atoms with E-state index < -0.39 is 0 Å². The van der Waals surface area contributed by atoms with Crippen LogP contribution in [0.25, 0.3) is 21.9 Å².